The van der Waals surface area contributed by atoms with Gasteiger partial charge in [0.15, 0.2) is 6.10 Å². The van der Waals surface area contributed by atoms with Crippen molar-refractivity contribution in [2.75, 3.05) is 0 Å². The van der Waals surface area contributed by atoms with E-state index in [4.69, 9.17) is 9.15 Å². The lowest BCUT2D eigenvalue weighted by Crippen LogP contribution is -2.40. The number of benzene rings is 2. The first-order valence-electron chi connectivity index (χ1n) is 8.32. The molecule has 4 rings (SSSR count). The smallest absolute Gasteiger partial charge is 0.261 e. The highest BCUT2D eigenvalue weighted by molar-refractivity contribution is 5.81. The number of fused-ring (bicyclic) bond motifs is 1. The molecule has 1 aliphatic heterocycles. The molecule has 0 saturated carbocycles. The summed E-state index contributed by atoms with van der Waals surface area (Å²) >= 11 is 0. The predicted octanol–water partition coefficient (Wildman–Crippen LogP) is 3.35. The molecule has 3 aromatic rings. The molecule has 1 aromatic heterocycles. The third-order valence-corrected chi connectivity index (χ3v) is 4.23. The van der Waals surface area contributed by atoms with Crippen LogP contribution in [0.15, 0.2) is 65.3 Å². The molecule has 1 unspecified atom stereocenters. The van der Waals surface area contributed by atoms with Crippen LogP contribution < -0.4 is 10.1 Å². The van der Waals surface area contributed by atoms with E-state index >= 15 is 0 Å². The Labute approximate surface area is 145 Å². The average Bonchev–Trinajstić information content (AvgIpc) is 3.15. The Kier molecular flexibility index (Phi) is 4.21. The van der Waals surface area contributed by atoms with E-state index in [9.17, 15) is 4.79 Å². The van der Waals surface area contributed by atoms with Gasteiger partial charge in [0.2, 0.25) is 5.89 Å². The number of rotatable bonds is 4. The van der Waals surface area contributed by atoms with Crippen molar-refractivity contribution in [1.29, 1.82) is 0 Å². The Morgan fingerprint density at radius 3 is 2.80 bits per heavy atom. The van der Waals surface area contributed by atoms with Crippen LogP contribution in [0, 0.1) is 0 Å². The van der Waals surface area contributed by atoms with Crippen LogP contribution >= 0.6 is 0 Å². The fourth-order valence-electron chi connectivity index (χ4n) is 2.90. The first kappa shape index (κ1) is 15.4. The normalized spacial score (nSPS) is 15.9. The van der Waals surface area contributed by atoms with E-state index in [-0.39, 0.29) is 5.91 Å². The monoisotopic (exact) mass is 334 g/mol. The summed E-state index contributed by atoms with van der Waals surface area (Å²) in [5.74, 6) is 1.22. The summed E-state index contributed by atoms with van der Waals surface area (Å²) in [5, 5.41) is 2.88. The van der Waals surface area contributed by atoms with Crippen molar-refractivity contribution in [2.24, 2.45) is 0 Å². The highest BCUT2D eigenvalue weighted by atomic mass is 16.5. The van der Waals surface area contributed by atoms with Crippen LogP contribution in [-0.2, 0) is 17.8 Å². The Morgan fingerprint density at radius 2 is 1.92 bits per heavy atom. The van der Waals surface area contributed by atoms with E-state index in [1.165, 1.54) is 0 Å². The number of nitrogens with zero attached hydrogens (tertiary/aromatic N) is 1. The molecule has 1 atom stereocenters. The zero-order chi connectivity index (χ0) is 17.1. The fourth-order valence-corrected chi connectivity index (χ4v) is 2.90. The molecule has 1 N–H and O–H groups in total. The number of aryl methyl sites for hydroxylation is 1. The molecule has 2 heterocycles. The number of amides is 1. The van der Waals surface area contributed by atoms with Gasteiger partial charge in [0.25, 0.3) is 5.91 Å². The number of nitrogens with one attached hydrogen (secondary N) is 1. The quantitative estimate of drug-likeness (QED) is 0.795. The molecule has 1 aliphatic rings. The Bertz CT molecular complexity index is 873. The summed E-state index contributed by atoms with van der Waals surface area (Å²) in [6.07, 6.45) is 2.63. The van der Waals surface area contributed by atoms with Gasteiger partial charge in [0, 0.05) is 5.56 Å². The summed E-state index contributed by atoms with van der Waals surface area (Å²) in [6, 6.07) is 17.5. The third-order valence-electron chi connectivity index (χ3n) is 4.23. The van der Waals surface area contributed by atoms with Crippen LogP contribution in [0.2, 0.25) is 0 Å². The number of carbonyl (C=O) groups is 1. The lowest BCUT2D eigenvalue weighted by molar-refractivity contribution is -0.128. The van der Waals surface area contributed by atoms with Gasteiger partial charge >= 0.3 is 0 Å². The van der Waals surface area contributed by atoms with Crippen LogP contribution in [0.3, 0.4) is 0 Å². The number of carbonyl (C=O) groups excluding carboxylic acids is 1. The van der Waals surface area contributed by atoms with Gasteiger partial charge in [-0.3, -0.25) is 4.79 Å². The van der Waals surface area contributed by atoms with Gasteiger partial charge in [-0.05, 0) is 36.6 Å². The highest BCUT2D eigenvalue weighted by Gasteiger charge is 2.25. The number of hydrogen-bond donors (Lipinski definition) is 1. The maximum Gasteiger partial charge on any atom is 0.261 e. The van der Waals surface area contributed by atoms with Gasteiger partial charge < -0.3 is 14.5 Å². The Morgan fingerprint density at radius 1 is 1.12 bits per heavy atom. The summed E-state index contributed by atoms with van der Waals surface area (Å²) in [7, 11) is 0. The number of aromatic nitrogens is 1. The first-order chi connectivity index (χ1) is 12.3. The fraction of sp³-hybridized carbons (Fsp3) is 0.200. The molecule has 0 aliphatic carbocycles. The van der Waals surface area contributed by atoms with Gasteiger partial charge in [-0.2, -0.15) is 0 Å². The van der Waals surface area contributed by atoms with E-state index in [0.29, 0.717) is 24.6 Å². The second-order valence-electron chi connectivity index (χ2n) is 5.98. The first-order valence-corrected chi connectivity index (χ1v) is 8.32. The van der Waals surface area contributed by atoms with E-state index in [0.717, 1.165) is 23.3 Å². The maximum atomic E-state index is 12.4. The second-order valence-corrected chi connectivity index (χ2v) is 5.98. The Hall–Kier alpha value is -3.08. The van der Waals surface area contributed by atoms with E-state index in [2.05, 4.69) is 10.3 Å². The van der Waals surface area contributed by atoms with Crippen LogP contribution in [0.5, 0.6) is 5.75 Å². The molecule has 5 heteroatoms. The van der Waals surface area contributed by atoms with Gasteiger partial charge in [0.05, 0.1) is 12.2 Å². The van der Waals surface area contributed by atoms with Gasteiger partial charge in [0.1, 0.15) is 12.0 Å². The highest BCUT2D eigenvalue weighted by Crippen LogP contribution is 2.27. The standard InChI is InChI=1S/C20H18N2O3/c23-19(18-11-10-14-6-4-5-9-17(14)25-18)21-12-16-13-24-20(22-16)15-7-2-1-3-8-15/h1-9,13,18H,10-12H2,(H,21,23). The SMILES string of the molecule is O=C(NCc1coc(-c2ccccc2)n1)C1CCc2ccccc2O1. The summed E-state index contributed by atoms with van der Waals surface area (Å²) in [6.45, 7) is 0.316. The molecule has 0 saturated heterocycles. The van der Waals surface area contributed by atoms with Crippen LogP contribution in [-0.4, -0.2) is 17.0 Å². The molecule has 126 valence electrons. The Balaban J connectivity index is 1.36. The van der Waals surface area contributed by atoms with Crippen molar-refractivity contribution in [2.45, 2.75) is 25.5 Å². The molecule has 5 nitrogen and oxygen atoms in total. The lowest BCUT2D eigenvalue weighted by atomic mass is 10.0. The number of hydrogen-bond acceptors (Lipinski definition) is 4. The molecule has 0 fully saturated rings. The van der Waals surface area contributed by atoms with E-state index in [1.54, 1.807) is 6.26 Å². The summed E-state index contributed by atoms with van der Waals surface area (Å²) in [4.78, 5) is 16.8. The summed E-state index contributed by atoms with van der Waals surface area (Å²) in [5.41, 5.74) is 2.74. The van der Waals surface area contributed by atoms with Crippen molar-refractivity contribution in [3.8, 4) is 17.2 Å². The molecular weight excluding hydrogens is 316 g/mol. The minimum absolute atomic E-state index is 0.126. The summed E-state index contributed by atoms with van der Waals surface area (Å²) < 4.78 is 11.3. The zero-order valence-electron chi connectivity index (χ0n) is 13.6. The number of ether oxygens (including phenoxy) is 1. The van der Waals surface area contributed by atoms with Crippen molar-refractivity contribution in [1.82, 2.24) is 10.3 Å². The third kappa shape index (κ3) is 3.40. The molecule has 1 amide bonds. The van der Waals surface area contributed by atoms with Crippen molar-refractivity contribution >= 4 is 5.91 Å². The molecule has 0 bridgehead atoms. The van der Waals surface area contributed by atoms with E-state index in [1.807, 2.05) is 54.6 Å². The lowest BCUT2D eigenvalue weighted by Gasteiger charge is -2.25. The van der Waals surface area contributed by atoms with Gasteiger partial charge in [-0.15, -0.1) is 0 Å². The molecule has 25 heavy (non-hydrogen) atoms. The maximum absolute atomic E-state index is 12.4. The number of para-hydroxylation sites is 1. The molecular formula is C20H18N2O3. The topological polar surface area (TPSA) is 64.4 Å². The van der Waals surface area contributed by atoms with Gasteiger partial charge in [-0.25, -0.2) is 4.98 Å². The minimum Gasteiger partial charge on any atom is -0.480 e. The van der Waals surface area contributed by atoms with Crippen LogP contribution in [0.25, 0.3) is 11.5 Å². The van der Waals surface area contributed by atoms with Crippen LogP contribution in [0.4, 0.5) is 0 Å². The molecule has 0 radical (unpaired) electrons. The number of oxazole rings is 1. The van der Waals surface area contributed by atoms with Gasteiger partial charge in [-0.1, -0.05) is 36.4 Å². The van der Waals surface area contributed by atoms with Crippen molar-refractivity contribution < 1.29 is 13.9 Å². The van der Waals surface area contributed by atoms with Crippen LogP contribution in [0.1, 0.15) is 17.7 Å². The zero-order valence-corrected chi connectivity index (χ0v) is 13.6. The largest absolute Gasteiger partial charge is 0.480 e. The second kappa shape index (κ2) is 6.81. The van der Waals surface area contributed by atoms with Crippen molar-refractivity contribution in [3.05, 3.63) is 72.1 Å². The van der Waals surface area contributed by atoms with Crippen molar-refractivity contribution in [3.63, 3.8) is 0 Å². The predicted molar refractivity (Wildman–Crippen MR) is 93.0 cm³/mol. The van der Waals surface area contributed by atoms with E-state index < -0.39 is 6.10 Å². The minimum atomic E-state index is -0.463. The molecule has 2 aromatic carbocycles. The molecule has 0 spiro atoms. The average molecular weight is 334 g/mol.